The minimum absolute atomic E-state index is 0.699. The summed E-state index contributed by atoms with van der Waals surface area (Å²) >= 11 is 6.08. The Hall–Kier alpha value is -1.32. The van der Waals surface area contributed by atoms with Crippen molar-refractivity contribution in [3.05, 3.63) is 52.3 Å². The summed E-state index contributed by atoms with van der Waals surface area (Å²) in [6.45, 7) is 4.98. The van der Waals surface area contributed by atoms with Crippen LogP contribution >= 0.6 is 11.6 Å². The molecule has 112 valence electrons. The van der Waals surface area contributed by atoms with Crippen LogP contribution in [-0.4, -0.2) is 16.3 Å². The number of nitrogens with zero attached hydrogens (tertiary/aromatic N) is 2. The van der Waals surface area contributed by atoms with E-state index in [2.05, 4.69) is 28.1 Å². The van der Waals surface area contributed by atoms with E-state index in [1.807, 2.05) is 24.4 Å². The maximum Gasteiger partial charge on any atom is 0.0663 e. The number of hydrogen-bond acceptors (Lipinski definition) is 2. The molecule has 0 radical (unpaired) electrons. The Morgan fingerprint density at radius 3 is 2.95 bits per heavy atom. The van der Waals surface area contributed by atoms with Gasteiger partial charge in [0.05, 0.1) is 12.7 Å². The fraction of sp³-hybridized carbons (Fsp3) is 0.471. The predicted octanol–water partition coefficient (Wildman–Crippen LogP) is 3.96. The molecule has 0 aliphatic heterocycles. The highest BCUT2D eigenvalue weighted by atomic mass is 35.5. The lowest BCUT2D eigenvalue weighted by atomic mass is 10.1. The number of nitrogens with one attached hydrogen (secondary N) is 1. The van der Waals surface area contributed by atoms with Gasteiger partial charge in [0.2, 0.25) is 0 Å². The molecular formula is C17H22ClN3. The van der Waals surface area contributed by atoms with Crippen molar-refractivity contribution in [2.24, 2.45) is 0 Å². The Morgan fingerprint density at radius 2 is 2.24 bits per heavy atom. The van der Waals surface area contributed by atoms with Gasteiger partial charge in [-0.25, -0.2) is 0 Å². The van der Waals surface area contributed by atoms with Crippen LogP contribution in [0.4, 0.5) is 0 Å². The molecular weight excluding hydrogens is 282 g/mol. The Bertz CT molecular complexity index is 602. The van der Waals surface area contributed by atoms with Gasteiger partial charge in [0.25, 0.3) is 0 Å². The molecule has 1 aromatic carbocycles. The molecule has 3 rings (SSSR count). The van der Waals surface area contributed by atoms with E-state index in [0.717, 1.165) is 31.1 Å². The molecule has 0 amide bonds. The number of aromatic nitrogens is 2. The molecule has 1 aromatic heterocycles. The first kappa shape index (κ1) is 14.6. The molecule has 0 bridgehead atoms. The highest BCUT2D eigenvalue weighted by molar-refractivity contribution is 6.30. The minimum atomic E-state index is 0.699. The van der Waals surface area contributed by atoms with Crippen LogP contribution in [0.1, 0.15) is 48.9 Å². The van der Waals surface area contributed by atoms with Crippen molar-refractivity contribution in [3.8, 4) is 0 Å². The second-order valence-electron chi connectivity index (χ2n) is 5.79. The van der Waals surface area contributed by atoms with Crippen molar-refractivity contribution in [3.63, 3.8) is 0 Å². The molecule has 1 fully saturated rings. The van der Waals surface area contributed by atoms with Gasteiger partial charge < -0.3 is 5.32 Å². The summed E-state index contributed by atoms with van der Waals surface area (Å²) in [4.78, 5) is 0. The first-order chi connectivity index (χ1) is 10.3. The fourth-order valence-corrected chi connectivity index (χ4v) is 2.95. The summed E-state index contributed by atoms with van der Waals surface area (Å²) in [6.07, 6.45) is 5.78. The van der Waals surface area contributed by atoms with Gasteiger partial charge in [-0.2, -0.15) is 5.10 Å². The standard InChI is InChI=1S/C17H22ClN3/c1-2-8-19-10-15-11-20-21(17(15)14-6-7-14)12-13-4-3-5-16(18)9-13/h3-5,9,11,14,19H,2,6-8,10,12H2,1H3. The van der Waals surface area contributed by atoms with Gasteiger partial charge in [-0.3, -0.25) is 4.68 Å². The lowest BCUT2D eigenvalue weighted by molar-refractivity contribution is 0.634. The minimum Gasteiger partial charge on any atom is -0.313 e. The first-order valence-corrected chi connectivity index (χ1v) is 8.15. The van der Waals surface area contributed by atoms with Crippen LogP contribution in [0.2, 0.25) is 5.02 Å². The van der Waals surface area contributed by atoms with E-state index in [0.29, 0.717) is 5.92 Å². The zero-order chi connectivity index (χ0) is 14.7. The average molecular weight is 304 g/mol. The monoisotopic (exact) mass is 303 g/mol. The molecule has 1 heterocycles. The third kappa shape index (κ3) is 3.66. The SMILES string of the molecule is CCCNCc1cnn(Cc2cccc(Cl)c2)c1C1CC1. The molecule has 0 unspecified atom stereocenters. The molecule has 2 aromatic rings. The third-order valence-corrected chi connectivity index (χ3v) is 4.12. The van der Waals surface area contributed by atoms with Crippen LogP contribution in [0.3, 0.4) is 0 Å². The van der Waals surface area contributed by atoms with Crippen molar-refractivity contribution in [2.75, 3.05) is 6.54 Å². The summed E-state index contributed by atoms with van der Waals surface area (Å²) in [7, 11) is 0. The van der Waals surface area contributed by atoms with Gasteiger partial charge in [-0.1, -0.05) is 30.7 Å². The molecule has 0 spiro atoms. The van der Waals surface area contributed by atoms with Gasteiger partial charge in [0.1, 0.15) is 0 Å². The van der Waals surface area contributed by atoms with Gasteiger partial charge in [-0.05, 0) is 43.5 Å². The molecule has 1 aliphatic rings. The van der Waals surface area contributed by atoms with E-state index in [9.17, 15) is 0 Å². The molecule has 4 heteroatoms. The summed E-state index contributed by atoms with van der Waals surface area (Å²) in [6, 6.07) is 8.05. The van der Waals surface area contributed by atoms with Gasteiger partial charge in [0, 0.05) is 28.7 Å². The topological polar surface area (TPSA) is 29.9 Å². The highest BCUT2D eigenvalue weighted by Crippen LogP contribution is 2.41. The van der Waals surface area contributed by atoms with E-state index in [1.165, 1.54) is 29.7 Å². The van der Waals surface area contributed by atoms with E-state index in [4.69, 9.17) is 11.6 Å². The van der Waals surface area contributed by atoms with Crippen LogP contribution in [0, 0.1) is 0 Å². The normalized spacial score (nSPS) is 14.6. The second-order valence-corrected chi connectivity index (χ2v) is 6.23. The Labute approximate surface area is 131 Å². The van der Waals surface area contributed by atoms with Gasteiger partial charge in [0.15, 0.2) is 0 Å². The maximum atomic E-state index is 6.08. The maximum absolute atomic E-state index is 6.08. The van der Waals surface area contributed by atoms with E-state index in [-0.39, 0.29) is 0 Å². The van der Waals surface area contributed by atoms with Crippen molar-refractivity contribution >= 4 is 11.6 Å². The Kier molecular flexibility index (Phi) is 4.61. The second kappa shape index (κ2) is 6.63. The number of benzene rings is 1. The van der Waals surface area contributed by atoms with Crippen molar-refractivity contribution < 1.29 is 0 Å². The fourth-order valence-electron chi connectivity index (χ4n) is 2.73. The van der Waals surface area contributed by atoms with Crippen LogP contribution in [-0.2, 0) is 13.1 Å². The molecule has 21 heavy (non-hydrogen) atoms. The molecule has 0 atom stereocenters. The molecule has 3 nitrogen and oxygen atoms in total. The largest absolute Gasteiger partial charge is 0.313 e. The Balaban J connectivity index is 1.78. The van der Waals surface area contributed by atoms with Crippen molar-refractivity contribution in [1.82, 2.24) is 15.1 Å². The van der Waals surface area contributed by atoms with Crippen LogP contribution < -0.4 is 5.32 Å². The summed E-state index contributed by atoms with van der Waals surface area (Å²) in [5.41, 5.74) is 3.98. The number of hydrogen-bond donors (Lipinski definition) is 1. The lowest BCUT2D eigenvalue weighted by Gasteiger charge is -2.10. The first-order valence-electron chi connectivity index (χ1n) is 7.77. The van der Waals surface area contributed by atoms with E-state index >= 15 is 0 Å². The summed E-state index contributed by atoms with van der Waals surface area (Å²) < 4.78 is 2.16. The van der Waals surface area contributed by atoms with Crippen LogP contribution in [0.5, 0.6) is 0 Å². The van der Waals surface area contributed by atoms with E-state index < -0.39 is 0 Å². The molecule has 1 saturated carbocycles. The van der Waals surface area contributed by atoms with Crippen LogP contribution in [0.25, 0.3) is 0 Å². The van der Waals surface area contributed by atoms with Crippen molar-refractivity contribution in [2.45, 2.75) is 45.2 Å². The molecule has 1 aliphatic carbocycles. The van der Waals surface area contributed by atoms with Gasteiger partial charge in [-0.15, -0.1) is 0 Å². The zero-order valence-corrected chi connectivity index (χ0v) is 13.2. The van der Waals surface area contributed by atoms with Crippen molar-refractivity contribution in [1.29, 1.82) is 0 Å². The smallest absolute Gasteiger partial charge is 0.0663 e. The summed E-state index contributed by atoms with van der Waals surface area (Å²) in [5, 5.41) is 8.89. The molecule has 0 saturated heterocycles. The molecule has 1 N–H and O–H groups in total. The quantitative estimate of drug-likeness (QED) is 0.785. The van der Waals surface area contributed by atoms with Gasteiger partial charge >= 0.3 is 0 Å². The summed E-state index contributed by atoms with van der Waals surface area (Å²) in [5.74, 6) is 0.699. The Morgan fingerprint density at radius 1 is 1.38 bits per heavy atom. The van der Waals surface area contributed by atoms with E-state index in [1.54, 1.807) is 0 Å². The zero-order valence-electron chi connectivity index (χ0n) is 12.5. The third-order valence-electron chi connectivity index (χ3n) is 3.89. The average Bonchev–Trinajstić information content (AvgIpc) is 3.23. The number of rotatable bonds is 7. The predicted molar refractivity (Wildman–Crippen MR) is 86.8 cm³/mol. The van der Waals surface area contributed by atoms with Crippen LogP contribution in [0.15, 0.2) is 30.5 Å². The lowest BCUT2D eigenvalue weighted by Crippen LogP contribution is -2.15. The highest BCUT2D eigenvalue weighted by Gasteiger charge is 2.29. The number of halogens is 1.